The minimum Gasteiger partial charge on any atom is -0.336 e. The Kier molecular flexibility index (Phi) is 8.89. The van der Waals surface area contributed by atoms with Gasteiger partial charge in [0.15, 0.2) is 5.49 Å². The number of amides is 2. The number of rotatable bonds is 10. The third-order valence-electron chi connectivity index (χ3n) is 4.99. The van der Waals surface area contributed by atoms with E-state index in [2.05, 4.69) is 29.4 Å². The first-order valence-electron chi connectivity index (χ1n) is 10.2. The first kappa shape index (κ1) is 21.0. The van der Waals surface area contributed by atoms with Gasteiger partial charge in [0.1, 0.15) is 0 Å². The number of nitrogens with zero attached hydrogens (tertiary/aromatic N) is 3. The minimum absolute atomic E-state index is 0.265. The largest absolute Gasteiger partial charge is 0.342 e. The van der Waals surface area contributed by atoms with Crippen molar-refractivity contribution in [3.05, 3.63) is 41.9 Å². The Balaban J connectivity index is 1.80. The van der Waals surface area contributed by atoms with Crippen LogP contribution in [0.5, 0.6) is 0 Å². The second-order valence-corrected chi connectivity index (χ2v) is 7.12. The predicted octanol–water partition coefficient (Wildman–Crippen LogP) is 4.78. The van der Waals surface area contributed by atoms with Crippen molar-refractivity contribution in [1.29, 1.82) is 0 Å². The molecule has 0 saturated heterocycles. The number of urea groups is 1. The van der Waals surface area contributed by atoms with Gasteiger partial charge in [0, 0.05) is 26.7 Å². The monoisotopic (exact) mass is 370 g/mol. The number of carbonyl (C=O) groups excluding carboxylic acids is 1. The molecule has 1 aromatic carbocycles. The van der Waals surface area contributed by atoms with Crippen LogP contribution in [0.2, 0.25) is 0 Å². The number of hydrogen-bond donors (Lipinski definition) is 1. The molecule has 0 saturated carbocycles. The van der Waals surface area contributed by atoms with E-state index in [-0.39, 0.29) is 6.03 Å². The van der Waals surface area contributed by atoms with Gasteiger partial charge in [-0.15, -0.1) is 0 Å². The summed E-state index contributed by atoms with van der Waals surface area (Å²) in [5.74, 6) is 0. The summed E-state index contributed by atoms with van der Waals surface area (Å²) in [6, 6.07) is 11.8. The van der Waals surface area contributed by atoms with Gasteiger partial charge >= 0.3 is 6.03 Å². The predicted molar refractivity (Wildman–Crippen MR) is 111 cm³/mol. The molecule has 27 heavy (non-hydrogen) atoms. The van der Waals surface area contributed by atoms with Crippen molar-refractivity contribution >= 4 is 6.03 Å². The molecular formula is C22H34N4O. The molecule has 2 amide bonds. The lowest BCUT2D eigenvalue weighted by molar-refractivity contribution is 0.248. The zero-order valence-electron chi connectivity index (χ0n) is 17.1. The number of nitrogens with one attached hydrogen (secondary N) is 1. The summed E-state index contributed by atoms with van der Waals surface area (Å²) in [4.78, 5) is 16.4. The molecule has 0 radical (unpaired) electrons. The minimum atomic E-state index is -0.265. The summed E-state index contributed by atoms with van der Waals surface area (Å²) in [6.45, 7) is 2.94. The van der Waals surface area contributed by atoms with E-state index < -0.39 is 0 Å². The van der Waals surface area contributed by atoms with E-state index in [1.807, 2.05) is 47.7 Å². The highest BCUT2D eigenvalue weighted by molar-refractivity contribution is 5.74. The van der Waals surface area contributed by atoms with Crippen LogP contribution in [0.3, 0.4) is 0 Å². The lowest BCUT2D eigenvalue weighted by Crippen LogP contribution is -2.26. The first-order valence-corrected chi connectivity index (χ1v) is 10.2. The highest BCUT2D eigenvalue weighted by atomic mass is 16.2. The Morgan fingerprint density at radius 1 is 0.926 bits per heavy atom. The fraction of sp³-hybridized carbons (Fsp3) is 0.545. The van der Waals surface area contributed by atoms with Gasteiger partial charge in [0.2, 0.25) is 0 Å². The molecule has 5 heteroatoms. The van der Waals surface area contributed by atoms with Crippen molar-refractivity contribution in [3.8, 4) is 11.3 Å². The van der Waals surface area contributed by atoms with Gasteiger partial charge in [-0.1, -0.05) is 82.2 Å². The Hall–Kier alpha value is -2.30. The molecule has 0 aliphatic rings. The van der Waals surface area contributed by atoms with E-state index >= 15 is 0 Å². The van der Waals surface area contributed by atoms with Crippen molar-refractivity contribution < 1.29 is 4.79 Å². The highest BCUT2D eigenvalue weighted by Crippen LogP contribution is 2.16. The van der Waals surface area contributed by atoms with Crippen molar-refractivity contribution in [3.63, 3.8) is 0 Å². The van der Waals surface area contributed by atoms with Gasteiger partial charge in [0.05, 0.1) is 5.69 Å². The van der Waals surface area contributed by atoms with Crippen LogP contribution < -0.4 is 10.8 Å². The number of aromatic nitrogens is 2. The van der Waals surface area contributed by atoms with E-state index in [4.69, 9.17) is 0 Å². The average Bonchev–Trinajstić information content (AvgIpc) is 2.96. The highest BCUT2D eigenvalue weighted by Gasteiger charge is 2.07. The SMILES string of the molecule is CCCCCCCCCCNC(=O)/N=c1/cc(-c2ccccc2)n(C)n1C. The summed E-state index contributed by atoms with van der Waals surface area (Å²) < 4.78 is 3.89. The summed E-state index contributed by atoms with van der Waals surface area (Å²) >= 11 is 0. The molecule has 148 valence electrons. The van der Waals surface area contributed by atoms with Gasteiger partial charge in [-0.25, -0.2) is 4.79 Å². The Labute approximate surface area is 163 Å². The molecule has 1 heterocycles. The molecule has 0 atom stereocenters. The quantitative estimate of drug-likeness (QED) is 0.601. The van der Waals surface area contributed by atoms with Gasteiger partial charge < -0.3 is 5.32 Å². The van der Waals surface area contributed by atoms with E-state index in [1.54, 1.807) is 0 Å². The fourth-order valence-corrected chi connectivity index (χ4v) is 3.21. The van der Waals surface area contributed by atoms with Gasteiger partial charge in [0.25, 0.3) is 0 Å². The second-order valence-electron chi connectivity index (χ2n) is 7.12. The Bertz CT molecular complexity index is 758. The van der Waals surface area contributed by atoms with Crippen LogP contribution in [-0.4, -0.2) is 21.9 Å². The maximum atomic E-state index is 12.1. The average molecular weight is 371 g/mol. The Morgan fingerprint density at radius 3 is 2.22 bits per heavy atom. The summed E-state index contributed by atoms with van der Waals surface area (Å²) in [7, 11) is 3.89. The molecule has 0 unspecified atom stereocenters. The van der Waals surface area contributed by atoms with Crippen LogP contribution >= 0.6 is 0 Å². The summed E-state index contributed by atoms with van der Waals surface area (Å²) in [5.41, 5.74) is 2.80. The third kappa shape index (κ3) is 6.74. The van der Waals surface area contributed by atoms with Crippen molar-refractivity contribution in [2.24, 2.45) is 19.1 Å². The first-order chi connectivity index (χ1) is 13.1. The molecule has 0 aliphatic heterocycles. The van der Waals surface area contributed by atoms with Crippen LogP contribution in [0.25, 0.3) is 11.3 Å². The lowest BCUT2D eigenvalue weighted by Gasteiger charge is -2.06. The molecule has 1 N–H and O–H groups in total. The van der Waals surface area contributed by atoms with Crippen LogP contribution in [0, 0.1) is 0 Å². The van der Waals surface area contributed by atoms with Crippen LogP contribution in [0.15, 0.2) is 41.4 Å². The molecule has 2 rings (SSSR count). The molecule has 0 bridgehead atoms. The third-order valence-corrected chi connectivity index (χ3v) is 4.99. The van der Waals surface area contributed by atoms with Crippen molar-refractivity contribution in [2.75, 3.05) is 6.54 Å². The number of unbranched alkanes of at least 4 members (excludes halogenated alkanes) is 7. The number of carbonyl (C=O) groups is 1. The summed E-state index contributed by atoms with van der Waals surface area (Å²) in [6.07, 6.45) is 10.1. The van der Waals surface area contributed by atoms with Crippen LogP contribution in [-0.2, 0) is 14.1 Å². The summed E-state index contributed by atoms with van der Waals surface area (Å²) in [5, 5.41) is 2.91. The smallest absolute Gasteiger partial charge is 0.336 e. The molecular weight excluding hydrogens is 336 g/mol. The Morgan fingerprint density at radius 2 is 1.56 bits per heavy atom. The van der Waals surface area contributed by atoms with E-state index in [1.165, 1.54) is 44.9 Å². The van der Waals surface area contributed by atoms with Crippen molar-refractivity contribution in [2.45, 2.75) is 58.3 Å². The number of benzene rings is 1. The standard InChI is InChI=1S/C22H34N4O/c1-4-5-6-7-8-9-10-14-17-23-22(27)24-21-18-20(25(2)26(21)3)19-15-12-11-13-16-19/h11-13,15-16,18H,4-10,14,17H2,1-3H3,(H,23,27)/b24-21-. The van der Waals surface area contributed by atoms with Gasteiger partial charge in [-0.2, -0.15) is 4.99 Å². The van der Waals surface area contributed by atoms with E-state index in [0.717, 1.165) is 17.7 Å². The molecule has 5 nitrogen and oxygen atoms in total. The topological polar surface area (TPSA) is 51.3 Å². The molecule has 0 fully saturated rings. The molecule has 2 aromatic rings. The zero-order chi connectivity index (χ0) is 19.5. The van der Waals surface area contributed by atoms with Crippen LogP contribution in [0.1, 0.15) is 58.3 Å². The molecule has 1 aromatic heterocycles. The maximum absolute atomic E-state index is 12.1. The van der Waals surface area contributed by atoms with Crippen LogP contribution in [0.4, 0.5) is 4.79 Å². The van der Waals surface area contributed by atoms with Crippen molar-refractivity contribution in [1.82, 2.24) is 14.7 Å². The normalized spacial score (nSPS) is 11.7. The molecule has 0 spiro atoms. The maximum Gasteiger partial charge on any atom is 0.342 e. The second kappa shape index (κ2) is 11.4. The number of hydrogen-bond acceptors (Lipinski definition) is 1. The zero-order valence-corrected chi connectivity index (χ0v) is 17.1. The fourth-order valence-electron chi connectivity index (χ4n) is 3.21. The lowest BCUT2D eigenvalue weighted by atomic mass is 10.1. The van der Waals surface area contributed by atoms with Gasteiger partial charge in [-0.3, -0.25) is 9.36 Å². The van der Waals surface area contributed by atoms with E-state index in [9.17, 15) is 4.79 Å². The molecule has 0 aliphatic carbocycles. The van der Waals surface area contributed by atoms with E-state index in [0.29, 0.717) is 12.0 Å². The van der Waals surface area contributed by atoms with Gasteiger partial charge in [-0.05, 0) is 12.0 Å².